The first-order valence-corrected chi connectivity index (χ1v) is 6.63. The third kappa shape index (κ3) is 4.79. The molecule has 0 aromatic heterocycles. The van der Waals surface area contributed by atoms with Gasteiger partial charge in [-0.1, -0.05) is 18.2 Å². The van der Waals surface area contributed by atoms with Gasteiger partial charge in [-0.05, 0) is 63.6 Å². The van der Waals surface area contributed by atoms with Gasteiger partial charge in [-0.2, -0.15) is 0 Å². The van der Waals surface area contributed by atoms with Crippen molar-refractivity contribution >= 4 is 0 Å². The number of methoxy groups -OCH3 is 1. The van der Waals surface area contributed by atoms with E-state index in [9.17, 15) is 5.11 Å². The van der Waals surface area contributed by atoms with Crippen molar-refractivity contribution in [3.05, 3.63) is 34.9 Å². The molecule has 0 heterocycles. The van der Waals surface area contributed by atoms with Crippen LogP contribution in [0.4, 0.5) is 0 Å². The molecule has 0 fully saturated rings. The second-order valence-corrected chi connectivity index (χ2v) is 5.78. The maximum atomic E-state index is 10.1. The largest absolute Gasteiger partial charge is 0.393 e. The summed E-state index contributed by atoms with van der Waals surface area (Å²) in [7, 11) is 1.72. The molecule has 0 radical (unpaired) electrons. The first-order valence-electron chi connectivity index (χ1n) is 6.63. The molecule has 2 nitrogen and oxygen atoms in total. The summed E-state index contributed by atoms with van der Waals surface area (Å²) in [4.78, 5) is 0. The van der Waals surface area contributed by atoms with Crippen molar-refractivity contribution in [2.75, 3.05) is 7.11 Å². The molecule has 0 amide bonds. The van der Waals surface area contributed by atoms with Crippen LogP contribution in [0.25, 0.3) is 0 Å². The van der Waals surface area contributed by atoms with E-state index < -0.39 is 0 Å². The number of hydrogen-bond acceptors (Lipinski definition) is 2. The zero-order valence-corrected chi connectivity index (χ0v) is 12.3. The molecule has 0 saturated carbocycles. The van der Waals surface area contributed by atoms with Gasteiger partial charge in [0.2, 0.25) is 0 Å². The topological polar surface area (TPSA) is 29.5 Å². The van der Waals surface area contributed by atoms with Gasteiger partial charge in [0.25, 0.3) is 0 Å². The number of benzene rings is 1. The number of aryl methyl sites for hydroxylation is 2. The highest BCUT2D eigenvalue weighted by molar-refractivity contribution is 5.30. The summed E-state index contributed by atoms with van der Waals surface area (Å²) in [5.41, 5.74) is 3.65. The molecule has 18 heavy (non-hydrogen) atoms. The van der Waals surface area contributed by atoms with Crippen molar-refractivity contribution in [2.24, 2.45) is 0 Å². The molecule has 0 bridgehead atoms. The highest BCUT2D eigenvalue weighted by atomic mass is 16.5. The Hall–Kier alpha value is -0.860. The summed E-state index contributed by atoms with van der Waals surface area (Å²) in [6, 6.07) is 6.39. The molecule has 0 aliphatic carbocycles. The van der Waals surface area contributed by atoms with Crippen LogP contribution in [0, 0.1) is 13.8 Å². The molecule has 0 aliphatic rings. The predicted molar refractivity (Wildman–Crippen MR) is 75.9 cm³/mol. The van der Waals surface area contributed by atoms with Gasteiger partial charge in [0, 0.05) is 7.11 Å². The van der Waals surface area contributed by atoms with E-state index in [2.05, 4.69) is 45.9 Å². The monoisotopic (exact) mass is 250 g/mol. The normalized spacial score (nSPS) is 13.7. The molecule has 1 aromatic rings. The van der Waals surface area contributed by atoms with Crippen molar-refractivity contribution < 1.29 is 9.84 Å². The van der Waals surface area contributed by atoms with Crippen molar-refractivity contribution in [3.63, 3.8) is 0 Å². The van der Waals surface area contributed by atoms with Gasteiger partial charge < -0.3 is 9.84 Å². The number of hydrogen-bond donors (Lipinski definition) is 1. The van der Waals surface area contributed by atoms with Crippen LogP contribution in [0.5, 0.6) is 0 Å². The Kier molecular flexibility index (Phi) is 5.36. The molecular weight excluding hydrogens is 224 g/mol. The van der Waals surface area contributed by atoms with E-state index in [1.807, 2.05) is 0 Å². The summed E-state index contributed by atoms with van der Waals surface area (Å²) in [6.45, 7) is 8.32. The van der Waals surface area contributed by atoms with Crippen molar-refractivity contribution in [2.45, 2.75) is 58.7 Å². The summed E-state index contributed by atoms with van der Waals surface area (Å²) in [5.74, 6) is 0. The second-order valence-electron chi connectivity index (χ2n) is 5.78. The smallest absolute Gasteiger partial charge is 0.0623 e. The fraction of sp³-hybridized carbons (Fsp3) is 0.625. The quantitative estimate of drug-likeness (QED) is 0.838. The molecular formula is C16H26O2. The van der Waals surface area contributed by atoms with E-state index in [0.29, 0.717) is 0 Å². The minimum atomic E-state index is -0.290. The van der Waals surface area contributed by atoms with Crippen LogP contribution in [0.15, 0.2) is 18.2 Å². The molecule has 0 aliphatic heterocycles. The van der Waals surface area contributed by atoms with Gasteiger partial charge >= 0.3 is 0 Å². The maximum absolute atomic E-state index is 10.1. The lowest BCUT2D eigenvalue weighted by Gasteiger charge is -2.24. The van der Waals surface area contributed by atoms with Crippen molar-refractivity contribution in [1.29, 1.82) is 0 Å². The number of rotatable bonds is 6. The SMILES string of the molecule is COC(C)(C)CCC(O)Cc1ccc(C)c(C)c1. The van der Waals surface area contributed by atoms with Gasteiger partial charge in [-0.15, -0.1) is 0 Å². The number of ether oxygens (including phenoxy) is 1. The minimum Gasteiger partial charge on any atom is -0.393 e. The highest BCUT2D eigenvalue weighted by Gasteiger charge is 2.18. The van der Waals surface area contributed by atoms with E-state index in [1.165, 1.54) is 16.7 Å². The lowest BCUT2D eigenvalue weighted by atomic mass is 9.96. The average molecular weight is 250 g/mol. The zero-order chi connectivity index (χ0) is 13.8. The van der Waals surface area contributed by atoms with Crippen LogP contribution in [-0.4, -0.2) is 23.9 Å². The summed E-state index contributed by atoms with van der Waals surface area (Å²) in [6.07, 6.45) is 2.08. The van der Waals surface area contributed by atoms with E-state index in [-0.39, 0.29) is 11.7 Å². The maximum Gasteiger partial charge on any atom is 0.0623 e. The van der Waals surface area contributed by atoms with Gasteiger partial charge in [-0.3, -0.25) is 0 Å². The number of aliphatic hydroxyl groups excluding tert-OH is 1. The molecule has 1 N–H and O–H groups in total. The standard InChI is InChI=1S/C16H26O2/c1-12-6-7-14(10-13(12)2)11-15(17)8-9-16(3,4)18-5/h6-7,10,15,17H,8-9,11H2,1-5H3. The molecule has 1 rings (SSSR count). The van der Waals surface area contributed by atoms with E-state index in [4.69, 9.17) is 4.74 Å². The lowest BCUT2D eigenvalue weighted by Crippen LogP contribution is -2.25. The first-order chi connectivity index (χ1) is 8.34. The van der Waals surface area contributed by atoms with Gasteiger partial charge in [0.05, 0.1) is 11.7 Å². The minimum absolute atomic E-state index is 0.149. The zero-order valence-electron chi connectivity index (χ0n) is 12.3. The summed E-state index contributed by atoms with van der Waals surface area (Å²) < 4.78 is 5.36. The van der Waals surface area contributed by atoms with Gasteiger partial charge in [-0.25, -0.2) is 0 Å². The molecule has 1 atom stereocenters. The molecule has 1 unspecified atom stereocenters. The summed E-state index contributed by atoms with van der Waals surface area (Å²) in [5, 5.41) is 10.1. The highest BCUT2D eigenvalue weighted by Crippen LogP contribution is 2.19. The van der Waals surface area contributed by atoms with Crippen LogP contribution in [0.2, 0.25) is 0 Å². The van der Waals surface area contributed by atoms with Crippen molar-refractivity contribution in [3.8, 4) is 0 Å². The number of aliphatic hydroxyl groups is 1. The second kappa shape index (κ2) is 6.35. The third-order valence-corrected chi connectivity index (χ3v) is 3.67. The Morgan fingerprint density at radius 1 is 1.22 bits per heavy atom. The van der Waals surface area contributed by atoms with Crippen LogP contribution in [0.1, 0.15) is 43.4 Å². The average Bonchev–Trinajstić information content (AvgIpc) is 2.32. The van der Waals surface area contributed by atoms with Crippen LogP contribution in [-0.2, 0) is 11.2 Å². The molecule has 0 saturated heterocycles. The van der Waals surface area contributed by atoms with Crippen molar-refractivity contribution in [1.82, 2.24) is 0 Å². The Balaban J connectivity index is 2.49. The van der Waals surface area contributed by atoms with Crippen LogP contribution >= 0.6 is 0 Å². The van der Waals surface area contributed by atoms with E-state index >= 15 is 0 Å². The lowest BCUT2D eigenvalue weighted by molar-refractivity contribution is 0.00306. The van der Waals surface area contributed by atoms with Gasteiger partial charge in [0.1, 0.15) is 0 Å². The van der Waals surface area contributed by atoms with E-state index in [0.717, 1.165) is 19.3 Å². The third-order valence-electron chi connectivity index (χ3n) is 3.67. The predicted octanol–water partition coefficient (Wildman–Crippen LogP) is 3.41. The fourth-order valence-electron chi connectivity index (χ4n) is 1.92. The Labute approximate surface area is 111 Å². The molecule has 0 spiro atoms. The Morgan fingerprint density at radius 3 is 2.44 bits per heavy atom. The molecule has 2 heteroatoms. The molecule has 102 valence electrons. The van der Waals surface area contributed by atoms with Crippen LogP contribution in [0.3, 0.4) is 0 Å². The van der Waals surface area contributed by atoms with Crippen LogP contribution < -0.4 is 0 Å². The Bertz CT molecular complexity index is 383. The molecule has 1 aromatic carbocycles. The summed E-state index contributed by atoms with van der Waals surface area (Å²) >= 11 is 0. The Morgan fingerprint density at radius 2 is 1.89 bits per heavy atom. The van der Waals surface area contributed by atoms with Gasteiger partial charge in [0.15, 0.2) is 0 Å². The fourth-order valence-corrected chi connectivity index (χ4v) is 1.92. The van der Waals surface area contributed by atoms with E-state index in [1.54, 1.807) is 7.11 Å². The first kappa shape index (κ1) is 15.2.